The van der Waals surface area contributed by atoms with Gasteiger partial charge < -0.3 is 14.0 Å². The fourth-order valence-electron chi connectivity index (χ4n) is 2.97. The van der Waals surface area contributed by atoms with E-state index in [-0.39, 0.29) is 42.4 Å². The number of carbonyl (C=O) groups excluding carboxylic acids is 1. The van der Waals surface area contributed by atoms with Crippen molar-refractivity contribution in [3.05, 3.63) is 47.3 Å². The van der Waals surface area contributed by atoms with Gasteiger partial charge in [0, 0.05) is 19.2 Å². The summed E-state index contributed by atoms with van der Waals surface area (Å²) in [7, 11) is -3.73. The van der Waals surface area contributed by atoms with Gasteiger partial charge >= 0.3 is 5.97 Å². The lowest BCUT2D eigenvalue weighted by atomic mass is 10.2. The molecular weight excluding hydrogens is 372 g/mol. The third kappa shape index (κ3) is 4.55. The van der Waals surface area contributed by atoms with Crippen LogP contribution in [0.2, 0.25) is 0 Å². The number of rotatable bonds is 5. The number of hydrogen-bond donors (Lipinski definition) is 0. The quantitative estimate of drug-likeness (QED) is 0.716. The van der Waals surface area contributed by atoms with Crippen molar-refractivity contribution in [3.8, 4) is 0 Å². The Kier molecular flexibility index (Phi) is 5.64. The van der Waals surface area contributed by atoms with E-state index in [1.807, 2.05) is 13.8 Å². The molecule has 0 unspecified atom stereocenters. The first-order chi connectivity index (χ1) is 12.8. The molecule has 3 rings (SSSR count). The number of aryl methyl sites for hydroxylation is 1. The molecule has 1 aliphatic heterocycles. The van der Waals surface area contributed by atoms with Crippen molar-refractivity contribution in [2.75, 3.05) is 13.1 Å². The number of esters is 1. The van der Waals surface area contributed by atoms with E-state index in [2.05, 4.69) is 5.16 Å². The van der Waals surface area contributed by atoms with Crippen LogP contribution in [-0.2, 0) is 26.1 Å². The smallest absolute Gasteiger partial charge is 0.338 e. The predicted molar refractivity (Wildman–Crippen MR) is 95.6 cm³/mol. The number of aromatic nitrogens is 1. The minimum Gasteiger partial charge on any atom is -0.455 e. The van der Waals surface area contributed by atoms with E-state index in [1.165, 1.54) is 28.6 Å². The number of benzene rings is 1. The van der Waals surface area contributed by atoms with Crippen LogP contribution in [0.1, 0.15) is 35.7 Å². The van der Waals surface area contributed by atoms with Crippen molar-refractivity contribution >= 4 is 16.0 Å². The Morgan fingerprint density at radius 3 is 2.59 bits per heavy atom. The highest BCUT2D eigenvalue weighted by Gasteiger charge is 2.32. The Morgan fingerprint density at radius 2 is 1.96 bits per heavy atom. The second-order valence-corrected chi connectivity index (χ2v) is 8.55. The average molecular weight is 394 g/mol. The standard InChI is InChI=1S/C18H22N2O6S/c1-12-7-16(19-26-12)11-24-18(21)15-5-4-6-17(8-15)27(22,23)20-9-13(2)25-14(3)10-20/h4-8,13-14H,9-11H2,1-3H3/t13-,14-/m1/s1. The van der Waals surface area contributed by atoms with Gasteiger partial charge in [-0.2, -0.15) is 4.31 Å². The molecule has 1 fully saturated rings. The summed E-state index contributed by atoms with van der Waals surface area (Å²) in [5.41, 5.74) is 0.645. The zero-order valence-corrected chi connectivity index (χ0v) is 16.2. The van der Waals surface area contributed by atoms with Gasteiger partial charge in [-0.25, -0.2) is 13.2 Å². The molecule has 0 saturated carbocycles. The summed E-state index contributed by atoms with van der Waals surface area (Å²) in [6.45, 7) is 5.89. The lowest BCUT2D eigenvalue weighted by Crippen LogP contribution is -2.48. The summed E-state index contributed by atoms with van der Waals surface area (Å²) < 4.78 is 42.9. The molecule has 1 aliphatic rings. The van der Waals surface area contributed by atoms with E-state index in [0.29, 0.717) is 11.5 Å². The Hall–Kier alpha value is -2.23. The Labute approximate surface area is 158 Å². The first kappa shape index (κ1) is 19.5. The van der Waals surface area contributed by atoms with Crippen LogP contribution in [-0.4, -0.2) is 49.1 Å². The molecule has 9 heteroatoms. The number of nitrogens with zero attached hydrogens (tertiary/aromatic N) is 2. The van der Waals surface area contributed by atoms with Crippen molar-refractivity contribution in [1.29, 1.82) is 0 Å². The molecule has 2 atom stereocenters. The minimum absolute atomic E-state index is 0.0500. The van der Waals surface area contributed by atoms with E-state index in [9.17, 15) is 13.2 Å². The van der Waals surface area contributed by atoms with Crippen LogP contribution in [0.15, 0.2) is 39.8 Å². The van der Waals surface area contributed by atoms with Gasteiger partial charge in [0.2, 0.25) is 10.0 Å². The number of hydrogen-bond acceptors (Lipinski definition) is 7. The average Bonchev–Trinajstić information content (AvgIpc) is 3.04. The van der Waals surface area contributed by atoms with E-state index >= 15 is 0 Å². The summed E-state index contributed by atoms with van der Waals surface area (Å²) >= 11 is 0. The third-order valence-corrected chi connectivity index (χ3v) is 5.95. The molecule has 2 aromatic rings. The highest BCUT2D eigenvalue weighted by atomic mass is 32.2. The maximum Gasteiger partial charge on any atom is 0.338 e. The van der Waals surface area contributed by atoms with Crippen molar-refractivity contribution in [2.24, 2.45) is 0 Å². The van der Waals surface area contributed by atoms with Crippen LogP contribution < -0.4 is 0 Å². The van der Waals surface area contributed by atoms with Crippen LogP contribution in [0.4, 0.5) is 0 Å². The summed E-state index contributed by atoms with van der Waals surface area (Å²) in [6.07, 6.45) is -0.384. The highest BCUT2D eigenvalue weighted by molar-refractivity contribution is 7.89. The van der Waals surface area contributed by atoms with Crippen molar-refractivity contribution in [3.63, 3.8) is 0 Å². The Balaban J connectivity index is 1.75. The Morgan fingerprint density at radius 1 is 1.26 bits per heavy atom. The van der Waals surface area contributed by atoms with Gasteiger partial charge in [-0.05, 0) is 39.0 Å². The lowest BCUT2D eigenvalue weighted by molar-refractivity contribution is -0.0440. The molecule has 1 saturated heterocycles. The molecule has 0 radical (unpaired) electrons. The number of ether oxygens (including phenoxy) is 2. The van der Waals surface area contributed by atoms with E-state index in [0.717, 1.165) is 0 Å². The maximum atomic E-state index is 12.9. The molecule has 0 amide bonds. The normalized spacial score (nSPS) is 21.1. The van der Waals surface area contributed by atoms with Crippen LogP contribution in [0.5, 0.6) is 0 Å². The molecule has 146 valence electrons. The largest absolute Gasteiger partial charge is 0.455 e. The third-order valence-electron chi connectivity index (χ3n) is 4.12. The lowest BCUT2D eigenvalue weighted by Gasteiger charge is -2.34. The SMILES string of the molecule is Cc1cc(COC(=O)c2cccc(S(=O)(=O)N3C[C@@H](C)O[C@H](C)C3)c2)no1. The molecule has 1 aromatic heterocycles. The van der Waals surface area contributed by atoms with Gasteiger partial charge in [-0.15, -0.1) is 0 Å². The summed E-state index contributed by atoms with van der Waals surface area (Å²) in [5, 5.41) is 3.75. The van der Waals surface area contributed by atoms with Gasteiger partial charge in [-0.3, -0.25) is 0 Å². The second kappa shape index (κ2) is 7.79. The summed E-state index contributed by atoms with van der Waals surface area (Å²) in [6, 6.07) is 7.50. The number of sulfonamides is 1. The van der Waals surface area contributed by atoms with Crippen molar-refractivity contribution < 1.29 is 27.2 Å². The topological polar surface area (TPSA) is 98.9 Å². The highest BCUT2D eigenvalue weighted by Crippen LogP contribution is 2.22. The summed E-state index contributed by atoms with van der Waals surface area (Å²) in [4.78, 5) is 12.3. The van der Waals surface area contributed by atoms with Gasteiger partial charge in [0.25, 0.3) is 0 Å². The molecule has 0 aliphatic carbocycles. The number of carbonyl (C=O) groups is 1. The first-order valence-corrected chi connectivity index (χ1v) is 10.0. The first-order valence-electron chi connectivity index (χ1n) is 8.60. The molecule has 2 heterocycles. The van der Waals surface area contributed by atoms with Crippen molar-refractivity contribution in [1.82, 2.24) is 9.46 Å². The zero-order valence-electron chi connectivity index (χ0n) is 15.4. The predicted octanol–water partition coefficient (Wildman–Crippen LogP) is 2.14. The zero-order chi connectivity index (χ0) is 19.6. The van der Waals surface area contributed by atoms with Crippen molar-refractivity contribution in [2.45, 2.75) is 44.5 Å². The molecular formula is C18H22N2O6S. The van der Waals surface area contributed by atoms with E-state index < -0.39 is 16.0 Å². The van der Waals surface area contributed by atoms with Gasteiger partial charge in [0.1, 0.15) is 18.1 Å². The molecule has 0 bridgehead atoms. The van der Waals surface area contributed by atoms with Crippen LogP contribution in [0.3, 0.4) is 0 Å². The monoisotopic (exact) mass is 394 g/mol. The molecule has 0 N–H and O–H groups in total. The van der Waals surface area contributed by atoms with Crippen LogP contribution in [0, 0.1) is 6.92 Å². The fraction of sp³-hybridized carbons (Fsp3) is 0.444. The fourth-order valence-corrected chi connectivity index (χ4v) is 4.61. The van der Waals surface area contributed by atoms with Gasteiger partial charge in [-0.1, -0.05) is 11.2 Å². The van der Waals surface area contributed by atoms with E-state index in [4.69, 9.17) is 14.0 Å². The molecule has 1 aromatic carbocycles. The second-order valence-electron chi connectivity index (χ2n) is 6.61. The molecule has 27 heavy (non-hydrogen) atoms. The Bertz CT molecular complexity index is 913. The van der Waals surface area contributed by atoms with Gasteiger partial charge in [0.15, 0.2) is 0 Å². The van der Waals surface area contributed by atoms with Crippen LogP contribution >= 0.6 is 0 Å². The van der Waals surface area contributed by atoms with Gasteiger partial charge in [0.05, 0.1) is 22.7 Å². The molecule has 8 nitrogen and oxygen atoms in total. The summed E-state index contributed by atoms with van der Waals surface area (Å²) in [5.74, 6) is -0.0143. The minimum atomic E-state index is -3.73. The van der Waals surface area contributed by atoms with E-state index in [1.54, 1.807) is 13.0 Å². The molecule has 0 spiro atoms. The van der Waals surface area contributed by atoms with Crippen LogP contribution in [0.25, 0.3) is 0 Å². The number of morpholine rings is 1. The maximum absolute atomic E-state index is 12.9.